The van der Waals surface area contributed by atoms with Gasteiger partial charge in [-0.3, -0.25) is 4.21 Å². The molecule has 0 saturated carbocycles. The second-order valence-electron chi connectivity index (χ2n) is 4.12. The molecule has 0 bridgehead atoms. The zero-order valence-corrected chi connectivity index (χ0v) is 11.4. The Morgan fingerprint density at radius 3 is 2.61 bits per heavy atom. The van der Waals surface area contributed by atoms with Gasteiger partial charge in [0.15, 0.2) is 0 Å². The Balaban J connectivity index is 2.21. The summed E-state index contributed by atoms with van der Waals surface area (Å²) in [6.45, 7) is 4.84. The lowest BCUT2D eigenvalue weighted by molar-refractivity contribution is 0.676. The van der Waals surface area contributed by atoms with Gasteiger partial charge in [0.05, 0.1) is 34.3 Å². The van der Waals surface area contributed by atoms with Crippen molar-refractivity contribution in [1.82, 2.24) is 9.55 Å². The van der Waals surface area contributed by atoms with Gasteiger partial charge in [-0.05, 0) is 38.1 Å². The van der Waals surface area contributed by atoms with E-state index in [-0.39, 0.29) is 0 Å². The topological polar surface area (TPSA) is 60.9 Å². The van der Waals surface area contributed by atoms with Crippen molar-refractivity contribution in [2.45, 2.75) is 31.0 Å². The van der Waals surface area contributed by atoms with Gasteiger partial charge in [-0.15, -0.1) is 0 Å². The molecule has 1 aromatic carbocycles. The molecule has 4 nitrogen and oxygen atoms in total. The van der Waals surface area contributed by atoms with Gasteiger partial charge in [0, 0.05) is 17.1 Å². The highest BCUT2D eigenvalue weighted by atomic mass is 32.2. The smallest absolute Gasteiger partial charge is 0.0951 e. The van der Waals surface area contributed by atoms with Crippen LogP contribution in [-0.2, 0) is 23.1 Å². The number of nitrogen functional groups attached to an aromatic ring is 1. The van der Waals surface area contributed by atoms with Crippen LogP contribution in [0.4, 0.5) is 5.69 Å². The van der Waals surface area contributed by atoms with Gasteiger partial charge in [-0.1, -0.05) is 0 Å². The van der Waals surface area contributed by atoms with Crippen LogP contribution in [0.3, 0.4) is 0 Å². The lowest BCUT2D eigenvalue weighted by atomic mass is 10.3. The Bertz CT molecular complexity index is 560. The highest BCUT2D eigenvalue weighted by Gasteiger charge is 2.11. The van der Waals surface area contributed by atoms with E-state index < -0.39 is 10.8 Å². The molecule has 0 aliphatic carbocycles. The number of imidazole rings is 1. The zero-order chi connectivity index (χ0) is 13.1. The summed E-state index contributed by atoms with van der Waals surface area (Å²) in [7, 11) is -1.06. The predicted octanol–water partition coefficient (Wildman–Crippen LogP) is 2.10. The van der Waals surface area contributed by atoms with E-state index in [9.17, 15) is 4.21 Å². The van der Waals surface area contributed by atoms with Crippen LogP contribution in [0.25, 0.3) is 0 Å². The monoisotopic (exact) mass is 263 g/mol. The van der Waals surface area contributed by atoms with E-state index in [0.29, 0.717) is 11.4 Å². The summed E-state index contributed by atoms with van der Waals surface area (Å²) in [6.07, 6.45) is 1.80. The van der Waals surface area contributed by atoms with Crippen molar-refractivity contribution < 1.29 is 4.21 Å². The Labute approximate surface area is 109 Å². The first-order chi connectivity index (χ1) is 8.61. The molecule has 2 aromatic rings. The predicted molar refractivity (Wildman–Crippen MR) is 73.6 cm³/mol. The van der Waals surface area contributed by atoms with Gasteiger partial charge in [-0.2, -0.15) is 0 Å². The fourth-order valence-electron chi connectivity index (χ4n) is 1.80. The van der Waals surface area contributed by atoms with Crippen LogP contribution in [0.1, 0.15) is 18.3 Å². The molecule has 1 heterocycles. The lowest BCUT2D eigenvalue weighted by Gasteiger charge is -2.07. The first kappa shape index (κ1) is 12.8. The average Bonchev–Trinajstić information content (AvgIpc) is 2.71. The van der Waals surface area contributed by atoms with Gasteiger partial charge in [-0.25, -0.2) is 4.98 Å². The van der Waals surface area contributed by atoms with Gasteiger partial charge in [0.25, 0.3) is 0 Å². The number of hydrogen-bond donors (Lipinski definition) is 1. The van der Waals surface area contributed by atoms with Crippen LogP contribution >= 0.6 is 0 Å². The summed E-state index contributed by atoms with van der Waals surface area (Å²) in [4.78, 5) is 5.06. The Hall–Kier alpha value is -1.62. The Kier molecular flexibility index (Phi) is 3.81. The summed E-state index contributed by atoms with van der Waals surface area (Å²) >= 11 is 0. The standard InChI is InChI=1S/C13H17N3OS/c1-3-16-9-15-10(2)13(16)8-18(17)12-6-4-11(14)5-7-12/h4-7,9H,3,8,14H2,1-2H3/t18-/m0/s1. The van der Waals surface area contributed by atoms with Gasteiger partial charge < -0.3 is 10.3 Å². The molecule has 2 N–H and O–H groups in total. The number of nitrogens with zero attached hydrogens (tertiary/aromatic N) is 2. The summed E-state index contributed by atoms with van der Waals surface area (Å²) in [5.74, 6) is 0.490. The fourth-order valence-corrected chi connectivity index (χ4v) is 3.02. The zero-order valence-electron chi connectivity index (χ0n) is 10.6. The van der Waals surface area contributed by atoms with Gasteiger partial charge in [0.1, 0.15) is 0 Å². The molecule has 1 aromatic heterocycles. The molecule has 0 aliphatic heterocycles. The quantitative estimate of drug-likeness (QED) is 0.859. The molecule has 1 atom stereocenters. The van der Waals surface area contributed by atoms with Crippen molar-refractivity contribution in [3.05, 3.63) is 42.0 Å². The number of aryl methyl sites for hydroxylation is 2. The maximum atomic E-state index is 12.3. The van der Waals surface area contributed by atoms with Crippen LogP contribution in [0.2, 0.25) is 0 Å². The number of aromatic nitrogens is 2. The first-order valence-corrected chi connectivity index (χ1v) is 7.18. The van der Waals surface area contributed by atoms with Gasteiger partial charge in [0.2, 0.25) is 0 Å². The van der Waals surface area contributed by atoms with E-state index in [1.54, 1.807) is 18.5 Å². The molecule has 0 saturated heterocycles. The molecule has 0 aliphatic rings. The highest BCUT2D eigenvalue weighted by molar-refractivity contribution is 7.84. The van der Waals surface area contributed by atoms with E-state index >= 15 is 0 Å². The molecule has 96 valence electrons. The van der Waals surface area contributed by atoms with Crippen LogP contribution < -0.4 is 5.73 Å². The maximum Gasteiger partial charge on any atom is 0.0951 e. The average molecular weight is 263 g/mol. The van der Waals surface area contributed by atoms with Crippen LogP contribution in [0, 0.1) is 6.92 Å². The Morgan fingerprint density at radius 1 is 1.33 bits per heavy atom. The molecule has 0 amide bonds. The number of benzene rings is 1. The molecule has 0 fully saturated rings. The third kappa shape index (κ3) is 2.61. The molecule has 0 spiro atoms. The minimum atomic E-state index is -1.06. The maximum absolute atomic E-state index is 12.3. The minimum absolute atomic E-state index is 0.490. The second kappa shape index (κ2) is 5.35. The number of hydrogen-bond acceptors (Lipinski definition) is 3. The van der Waals surface area contributed by atoms with E-state index in [1.807, 2.05) is 23.6 Å². The summed E-state index contributed by atoms with van der Waals surface area (Å²) in [5, 5.41) is 0. The summed E-state index contributed by atoms with van der Waals surface area (Å²) < 4.78 is 14.3. The van der Waals surface area contributed by atoms with Crippen molar-refractivity contribution in [1.29, 1.82) is 0 Å². The van der Waals surface area contributed by atoms with Crippen LogP contribution in [0.15, 0.2) is 35.5 Å². The van der Waals surface area contributed by atoms with Crippen LogP contribution in [0.5, 0.6) is 0 Å². The molecule has 0 unspecified atom stereocenters. The van der Waals surface area contributed by atoms with E-state index in [4.69, 9.17) is 5.73 Å². The van der Waals surface area contributed by atoms with Crippen molar-refractivity contribution in [2.24, 2.45) is 0 Å². The van der Waals surface area contributed by atoms with Crippen molar-refractivity contribution in [3.8, 4) is 0 Å². The summed E-state index contributed by atoms with van der Waals surface area (Å²) in [5.41, 5.74) is 8.29. The van der Waals surface area contributed by atoms with Crippen molar-refractivity contribution in [3.63, 3.8) is 0 Å². The van der Waals surface area contributed by atoms with Crippen molar-refractivity contribution >= 4 is 16.5 Å². The molecule has 5 heteroatoms. The third-order valence-corrected chi connectivity index (χ3v) is 4.24. The van der Waals surface area contributed by atoms with E-state index in [2.05, 4.69) is 11.9 Å². The van der Waals surface area contributed by atoms with Crippen LogP contribution in [-0.4, -0.2) is 13.8 Å². The second-order valence-corrected chi connectivity index (χ2v) is 5.57. The van der Waals surface area contributed by atoms with Gasteiger partial charge >= 0.3 is 0 Å². The first-order valence-electron chi connectivity index (χ1n) is 5.86. The fraction of sp³-hybridized carbons (Fsp3) is 0.308. The lowest BCUT2D eigenvalue weighted by Crippen LogP contribution is -2.05. The third-order valence-electron chi connectivity index (χ3n) is 2.91. The molecular formula is C13H17N3OS. The Morgan fingerprint density at radius 2 is 2.00 bits per heavy atom. The molecule has 0 radical (unpaired) electrons. The minimum Gasteiger partial charge on any atom is -0.399 e. The highest BCUT2D eigenvalue weighted by Crippen LogP contribution is 2.16. The number of nitrogens with two attached hydrogens (primary N) is 1. The SMILES string of the molecule is CCn1cnc(C)c1C[S@](=O)c1ccc(N)cc1. The molecule has 2 rings (SSSR count). The number of anilines is 1. The molecular weight excluding hydrogens is 246 g/mol. The summed E-state index contributed by atoms with van der Waals surface area (Å²) in [6, 6.07) is 7.18. The molecule has 18 heavy (non-hydrogen) atoms. The number of rotatable bonds is 4. The van der Waals surface area contributed by atoms with E-state index in [1.165, 1.54) is 0 Å². The normalized spacial score (nSPS) is 12.6. The van der Waals surface area contributed by atoms with E-state index in [0.717, 1.165) is 22.8 Å². The largest absolute Gasteiger partial charge is 0.399 e. The van der Waals surface area contributed by atoms with Crippen molar-refractivity contribution in [2.75, 3.05) is 5.73 Å².